The topological polar surface area (TPSA) is 25.4 Å². The molecule has 3 nitrogen and oxygen atoms in total. The maximum atomic E-state index is 15.6. The SMILES string of the molecule is COc1nc2ccc(Br)cc2cc1C(c1ccccc1)C(C)(CCCCN(C)C)c1cc(F)ccc1F. The Hall–Kier alpha value is -2.83. The van der Waals surface area contributed by atoms with E-state index in [1.165, 1.54) is 18.2 Å². The molecule has 0 N–H and O–H groups in total. The van der Waals surface area contributed by atoms with Gasteiger partial charge in [-0.05, 0) is 87.1 Å². The van der Waals surface area contributed by atoms with Crippen LogP contribution in [0.1, 0.15) is 48.8 Å². The zero-order chi connectivity index (χ0) is 26.6. The third-order valence-electron chi connectivity index (χ3n) is 7.14. The average Bonchev–Trinajstić information content (AvgIpc) is 2.88. The van der Waals surface area contributed by atoms with Gasteiger partial charge in [0.25, 0.3) is 0 Å². The first kappa shape index (κ1) is 27.2. The van der Waals surface area contributed by atoms with E-state index < -0.39 is 17.0 Å². The molecular formula is C31H33BrF2N2O. The van der Waals surface area contributed by atoms with Crippen molar-refractivity contribution >= 4 is 26.8 Å². The number of hydrogen-bond donors (Lipinski definition) is 0. The molecule has 0 bridgehead atoms. The molecule has 2 unspecified atom stereocenters. The van der Waals surface area contributed by atoms with E-state index in [0.29, 0.717) is 17.9 Å². The summed E-state index contributed by atoms with van der Waals surface area (Å²) < 4.78 is 36.9. The molecule has 0 aliphatic carbocycles. The molecule has 1 heterocycles. The Morgan fingerprint density at radius 1 is 0.973 bits per heavy atom. The molecule has 0 fully saturated rings. The van der Waals surface area contributed by atoms with Crippen molar-refractivity contribution in [3.63, 3.8) is 0 Å². The predicted octanol–water partition coefficient (Wildman–Crippen LogP) is 8.11. The summed E-state index contributed by atoms with van der Waals surface area (Å²) in [6.45, 7) is 2.97. The number of hydrogen-bond acceptors (Lipinski definition) is 3. The molecule has 0 spiro atoms. The number of fused-ring (bicyclic) bond motifs is 1. The van der Waals surface area contributed by atoms with Crippen molar-refractivity contribution in [2.75, 3.05) is 27.7 Å². The van der Waals surface area contributed by atoms with Gasteiger partial charge in [0, 0.05) is 26.8 Å². The first-order valence-electron chi connectivity index (χ1n) is 12.5. The largest absolute Gasteiger partial charge is 0.481 e. The van der Waals surface area contributed by atoms with Crippen LogP contribution in [0.15, 0.2) is 77.3 Å². The molecule has 3 aromatic carbocycles. The lowest BCUT2D eigenvalue weighted by atomic mass is 9.63. The van der Waals surface area contributed by atoms with Crippen LogP contribution in [0, 0.1) is 11.6 Å². The Bertz CT molecular complexity index is 1360. The Labute approximate surface area is 226 Å². The number of benzene rings is 3. The third-order valence-corrected chi connectivity index (χ3v) is 7.63. The number of pyridine rings is 1. The van der Waals surface area contributed by atoms with Crippen LogP contribution in [0.5, 0.6) is 5.88 Å². The van der Waals surface area contributed by atoms with Gasteiger partial charge in [-0.1, -0.05) is 59.6 Å². The van der Waals surface area contributed by atoms with Crippen molar-refractivity contribution in [1.29, 1.82) is 0 Å². The van der Waals surface area contributed by atoms with Crippen molar-refractivity contribution in [1.82, 2.24) is 9.88 Å². The Morgan fingerprint density at radius 2 is 1.73 bits per heavy atom. The molecule has 0 saturated heterocycles. The second-order valence-corrected chi connectivity index (χ2v) is 11.0. The summed E-state index contributed by atoms with van der Waals surface area (Å²) in [5.74, 6) is -0.710. The molecule has 194 valence electrons. The maximum Gasteiger partial charge on any atom is 0.217 e. The van der Waals surface area contributed by atoms with Crippen LogP contribution in [-0.2, 0) is 5.41 Å². The van der Waals surface area contributed by atoms with Gasteiger partial charge in [0.15, 0.2) is 0 Å². The van der Waals surface area contributed by atoms with Gasteiger partial charge in [-0.2, -0.15) is 0 Å². The predicted molar refractivity (Wildman–Crippen MR) is 150 cm³/mol. The molecule has 2 atom stereocenters. The molecule has 0 aliphatic rings. The Morgan fingerprint density at radius 3 is 2.43 bits per heavy atom. The van der Waals surface area contributed by atoms with Crippen LogP contribution < -0.4 is 4.74 Å². The van der Waals surface area contributed by atoms with E-state index in [2.05, 4.69) is 26.9 Å². The summed E-state index contributed by atoms with van der Waals surface area (Å²) in [5.41, 5.74) is 2.23. The smallest absolute Gasteiger partial charge is 0.217 e. The van der Waals surface area contributed by atoms with E-state index in [-0.39, 0.29) is 5.92 Å². The molecule has 0 saturated carbocycles. The van der Waals surface area contributed by atoms with E-state index in [9.17, 15) is 4.39 Å². The van der Waals surface area contributed by atoms with Gasteiger partial charge >= 0.3 is 0 Å². The average molecular weight is 568 g/mol. The maximum absolute atomic E-state index is 15.6. The van der Waals surface area contributed by atoms with Crippen molar-refractivity contribution < 1.29 is 13.5 Å². The van der Waals surface area contributed by atoms with E-state index in [1.54, 1.807) is 7.11 Å². The lowest BCUT2D eigenvalue weighted by molar-refractivity contribution is 0.321. The van der Waals surface area contributed by atoms with Gasteiger partial charge in [0.05, 0.1) is 12.6 Å². The molecule has 4 rings (SSSR count). The number of aromatic nitrogens is 1. The highest BCUT2D eigenvalue weighted by molar-refractivity contribution is 9.10. The fraction of sp³-hybridized carbons (Fsp3) is 0.323. The minimum Gasteiger partial charge on any atom is -0.481 e. The van der Waals surface area contributed by atoms with Crippen molar-refractivity contribution in [2.45, 2.75) is 37.5 Å². The minimum atomic E-state index is -0.783. The van der Waals surface area contributed by atoms with Gasteiger partial charge < -0.3 is 9.64 Å². The van der Waals surface area contributed by atoms with Gasteiger partial charge in [-0.3, -0.25) is 0 Å². The zero-order valence-electron chi connectivity index (χ0n) is 21.8. The van der Waals surface area contributed by atoms with Crippen LogP contribution in [0.2, 0.25) is 0 Å². The summed E-state index contributed by atoms with van der Waals surface area (Å²) in [4.78, 5) is 6.97. The quantitative estimate of drug-likeness (QED) is 0.181. The number of halogens is 3. The van der Waals surface area contributed by atoms with E-state index in [1.807, 2.05) is 69.6 Å². The summed E-state index contributed by atoms with van der Waals surface area (Å²) in [7, 11) is 5.69. The highest BCUT2D eigenvalue weighted by Gasteiger charge is 2.41. The van der Waals surface area contributed by atoms with Gasteiger partial charge in [0.2, 0.25) is 5.88 Å². The van der Waals surface area contributed by atoms with E-state index in [4.69, 9.17) is 9.72 Å². The fourth-order valence-electron chi connectivity index (χ4n) is 5.34. The molecule has 37 heavy (non-hydrogen) atoms. The number of unbranched alkanes of at least 4 members (excludes halogenated alkanes) is 1. The van der Waals surface area contributed by atoms with Crippen LogP contribution in [0.4, 0.5) is 8.78 Å². The van der Waals surface area contributed by atoms with Crippen LogP contribution in [-0.4, -0.2) is 37.6 Å². The lowest BCUT2D eigenvalue weighted by Crippen LogP contribution is -2.33. The minimum absolute atomic E-state index is 0.338. The normalized spacial score (nSPS) is 14.1. The Kier molecular flexibility index (Phi) is 8.60. The third kappa shape index (κ3) is 6.02. The van der Waals surface area contributed by atoms with Crippen LogP contribution in [0.25, 0.3) is 10.9 Å². The Balaban J connectivity index is 1.98. The fourth-order valence-corrected chi connectivity index (χ4v) is 5.72. The highest BCUT2D eigenvalue weighted by atomic mass is 79.9. The highest BCUT2D eigenvalue weighted by Crippen LogP contribution is 2.50. The van der Waals surface area contributed by atoms with Crippen LogP contribution >= 0.6 is 15.9 Å². The second kappa shape index (κ2) is 11.7. The number of nitrogens with zero attached hydrogens (tertiary/aromatic N) is 2. The second-order valence-electron chi connectivity index (χ2n) is 10.1. The number of rotatable bonds is 10. The standard InChI is InChI=1S/C31H33BrF2N2O/c1-31(16-8-9-17-36(2)3,26-20-24(33)13-14-27(26)34)29(21-10-6-5-7-11-21)25-19-22-18-23(32)12-15-28(22)35-30(25)37-4/h5-7,10-15,18-20,29H,8-9,16-17H2,1-4H3. The van der Waals surface area contributed by atoms with Gasteiger partial charge in [-0.15, -0.1) is 0 Å². The van der Waals surface area contributed by atoms with Crippen molar-refractivity contribution in [2.24, 2.45) is 0 Å². The summed E-state index contributed by atoms with van der Waals surface area (Å²) in [6.07, 6.45) is 2.45. The van der Waals surface area contributed by atoms with Crippen molar-refractivity contribution in [3.05, 3.63) is 106 Å². The van der Waals surface area contributed by atoms with Gasteiger partial charge in [0.1, 0.15) is 11.6 Å². The van der Waals surface area contributed by atoms with E-state index in [0.717, 1.165) is 45.9 Å². The first-order valence-corrected chi connectivity index (χ1v) is 13.3. The molecule has 0 radical (unpaired) electrons. The summed E-state index contributed by atoms with van der Waals surface area (Å²) in [6, 6.07) is 21.8. The molecular weight excluding hydrogens is 534 g/mol. The van der Waals surface area contributed by atoms with E-state index >= 15 is 4.39 Å². The molecule has 1 aromatic heterocycles. The molecule has 4 aromatic rings. The summed E-state index contributed by atoms with van der Waals surface area (Å²) >= 11 is 3.57. The molecule has 6 heteroatoms. The zero-order valence-corrected chi connectivity index (χ0v) is 23.4. The molecule has 0 amide bonds. The first-order chi connectivity index (χ1) is 17.7. The molecule has 0 aliphatic heterocycles. The lowest BCUT2D eigenvalue weighted by Gasteiger charge is -2.40. The summed E-state index contributed by atoms with van der Waals surface area (Å²) in [5, 5.41) is 0.945. The van der Waals surface area contributed by atoms with Crippen molar-refractivity contribution in [3.8, 4) is 5.88 Å². The number of methoxy groups -OCH3 is 1. The van der Waals surface area contributed by atoms with Gasteiger partial charge in [-0.25, -0.2) is 13.8 Å². The monoisotopic (exact) mass is 566 g/mol. The van der Waals surface area contributed by atoms with Crippen LogP contribution in [0.3, 0.4) is 0 Å². The number of ether oxygens (including phenoxy) is 1.